The summed E-state index contributed by atoms with van der Waals surface area (Å²) in [5.74, 6) is 0. The van der Waals surface area contributed by atoms with Crippen LogP contribution in [0.2, 0.25) is 0 Å². The molecule has 11 heteroatoms. The van der Waals surface area contributed by atoms with Crippen molar-refractivity contribution in [3.63, 3.8) is 0 Å². The Hall–Kier alpha value is 2.76. The van der Waals surface area contributed by atoms with E-state index in [4.69, 9.17) is 0 Å². The van der Waals surface area contributed by atoms with E-state index >= 15 is 0 Å². The van der Waals surface area contributed by atoms with Crippen LogP contribution in [0.1, 0.15) is 0 Å². The number of hydrogen-bond donors (Lipinski definition) is 0. The van der Waals surface area contributed by atoms with Crippen LogP contribution in [0.25, 0.3) is 0 Å². The number of hydrogen-bond acceptors (Lipinski definition) is 7. The van der Waals surface area contributed by atoms with Gasteiger partial charge in [0.25, 0.3) is 0 Å². The first kappa shape index (κ1) is 20.2. The minimum atomic E-state index is -3.11. The summed E-state index contributed by atoms with van der Waals surface area (Å²) in [5, 5.41) is 0. The normalized spacial score (nSPS) is 12.8. The van der Waals surface area contributed by atoms with Gasteiger partial charge in [-0.05, 0) is 0 Å². The van der Waals surface area contributed by atoms with Crippen molar-refractivity contribution in [1.29, 1.82) is 0 Å². The molecule has 0 fully saturated rings. The SMILES string of the molecule is O=C(OS(=O)[O-])OS(=O)[O-].[K+].[K+]. The maximum atomic E-state index is 9.83. The molecule has 0 amide bonds. The molecule has 0 rings (SSSR count). The van der Waals surface area contributed by atoms with Crippen molar-refractivity contribution in [2.75, 3.05) is 0 Å². The number of rotatable bonds is 2. The van der Waals surface area contributed by atoms with Crippen LogP contribution in [0.3, 0.4) is 0 Å². The van der Waals surface area contributed by atoms with E-state index in [1.807, 2.05) is 0 Å². The van der Waals surface area contributed by atoms with Gasteiger partial charge in [-0.2, -0.15) is 0 Å². The monoisotopic (exact) mass is 266 g/mol. The summed E-state index contributed by atoms with van der Waals surface area (Å²) < 4.78 is 44.3. The summed E-state index contributed by atoms with van der Waals surface area (Å²) in [6, 6.07) is 0. The van der Waals surface area contributed by atoms with Gasteiger partial charge in [-0.15, -0.1) is 0 Å². The summed E-state index contributed by atoms with van der Waals surface area (Å²) in [6.07, 6.45) is -1.82. The number of carbonyl (C=O) groups excluding carboxylic acids is 1. The van der Waals surface area contributed by atoms with Crippen LogP contribution in [0.15, 0.2) is 0 Å². The van der Waals surface area contributed by atoms with Crippen molar-refractivity contribution in [2.24, 2.45) is 0 Å². The standard InChI is InChI=1S/CH2O7S2.2K/c2-1(7-9(3)4)8-10(5)6;;/h(H,3,4)(H,5,6);;/q;2*+1/p-2. The van der Waals surface area contributed by atoms with Crippen molar-refractivity contribution in [3.8, 4) is 0 Å². The quantitative estimate of drug-likeness (QED) is 0.360. The molecule has 0 aliphatic carbocycles. The number of carbonyl (C=O) groups is 1. The molecule has 2 unspecified atom stereocenters. The second-order valence-electron chi connectivity index (χ2n) is 0.825. The minimum absolute atomic E-state index is 0. The maximum Gasteiger partial charge on any atom is 1.00 e. The first-order valence-electron chi connectivity index (χ1n) is 1.61. The Labute approximate surface area is 158 Å². The van der Waals surface area contributed by atoms with Crippen LogP contribution in [-0.4, -0.2) is 23.7 Å². The van der Waals surface area contributed by atoms with E-state index in [-0.39, 0.29) is 103 Å². The fraction of sp³-hybridized carbons (Fsp3) is 0. The Kier molecular flexibility index (Phi) is 19.9. The van der Waals surface area contributed by atoms with Crippen molar-refractivity contribution in [1.82, 2.24) is 0 Å². The third kappa shape index (κ3) is 15.2. The zero-order valence-electron chi connectivity index (χ0n) is 6.17. The topological polar surface area (TPSA) is 116 Å². The molecule has 12 heavy (non-hydrogen) atoms. The molecule has 0 aromatic heterocycles. The van der Waals surface area contributed by atoms with Gasteiger partial charge in [0.1, 0.15) is 22.7 Å². The van der Waals surface area contributed by atoms with Crippen LogP contribution in [-0.2, 0) is 31.1 Å². The summed E-state index contributed by atoms with van der Waals surface area (Å²) >= 11 is -6.22. The second-order valence-corrected chi connectivity index (χ2v) is 1.97. The maximum absolute atomic E-state index is 9.83. The largest absolute Gasteiger partial charge is 1.00 e. The molecule has 0 radical (unpaired) electrons. The van der Waals surface area contributed by atoms with Crippen LogP contribution >= 0.6 is 0 Å². The molecule has 0 aliphatic rings. The van der Waals surface area contributed by atoms with E-state index in [0.29, 0.717) is 0 Å². The van der Waals surface area contributed by atoms with Crippen molar-refractivity contribution in [3.05, 3.63) is 0 Å². The zero-order chi connectivity index (χ0) is 8.15. The van der Waals surface area contributed by atoms with Crippen LogP contribution in [0, 0.1) is 0 Å². The van der Waals surface area contributed by atoms with Gasteiger partial charge in [0.2, 0.25) is 0 Å². The fourth-order valence-corrected chi connectivity index (χ4v) is 0.458. The van der Waals surface area contributed by atoms with Gasteiger partial charge in [0.05, 0.1) is 0 Å². The van der Waals surface area contributed by atoms with Crippen molar-refractivity contribution in [2.45, 2.75) is 0 Å². The summed E-state index contributed by atoms with van der Waals surface area (Å²) in [4.78, 5) is 9.83. The Balaban J connectivity index is -0.000000405. The van der Waals surface area contributed by atoms with E-state index < -0.39 is 28.9 Å². The smallest absolute Gasteiger partial charge is 0.740 e. The predicted molar refractivity (Wildman–Crippen MR) is 25.4 cm³/mol. The summed E-state index contributed by atoms with van der Waals surface area (Å²) in [7, 11) is 0. The van der Waals surface area contributed by atoms with E-state index in [9.17, 15) is 22.3 Å². The molecule has 2 atom stereocenters. The van der Waals surface area contributed by atoms with Gasteiger partial charge in [-0.1, -0.05) is 0 Å². The Morgan fingerprint density at radius 1 is 1.00 bits per heavy atom. The van der Waals surface area contributed by atoms with Gasteiger partial charge >= 0.3 is 109 Å². The first-order valence-corrected chi connectivity index (χ1v) is 3.61. The second kappa shape index (κ2) is 11.8. The van der Waals surface area contributed by atoms with Crippen molar-refractivity contribution < 1.29 is 133 Å². The zero-order valence-corrected chi connectivity index (χ0v) is 14.1. The molecule has 0 spiro atoms. The molecular formula is CK2O7S2. The predicted octanol–water partition coefficient (Wildman–Crippen LogP) is -7.26. The van der Waals surface area contributed by atoms with E-state index in [1.165, 1.54) is 0 Å². The molecule has 0 N–H and O–H groups in total. The average molecular weight is 266 g/mol. The van der Waals surface area contributed by atoms with Gasteiger partial charge in [0.15, 0.2) is 0 Å². The van der Waals surface area contributed by atoms with Gasteiger partial charge in [0, 0.05) is 0 Å². The molecule has 0 aromatic carbocycles. The molecule has 0 aromatic rings. The van der Waals surface area contributed by atoms with Crippen LogP contribution < -0.4 is 103 Å². The average Bonchev–Trinajstić information content (AvgIpc) is 1.58. The molecule has 0 saturated carbocycles. The van der Waals surface area contributed by atoms with E-state index in [0.717, 1.165) is 0 Å². The molecule has 0 bridgehead atoms. The van der Waals surface area contributed by atoms with E-state index in [2.05, 4.69) is 8.37 Å². The van der Waals surface area contributed by atoms with Gasteiger partial charge < -0.3 is 17.5 Å². The molecule has 0 aliphatic heterocycles. The summed E-state index contributed by atoms with van der Waals surface area (Å²) in [5.41, 5.74) is 0. The van der Waals surface area contributed by atoms with Gasteiger partial charge in [-0.25, -0.2) is 13.2 Å². The first-order chi connectivity index (χ1) is 4.52. The molecule has 0 saturated heterocycles. The molecule has 7 nitrogen and oxygen atoms in total. The Bertz CT molecular complexity index is 162. The van der Waals surface area contributed by atoms with Gasteiger partial charge in [-0.3, -0.25) is 0 Å². The van der Waals surface area contributed by atoms with Crippen LogP contribution in [0.4, 0.5) is 4.79 Å². The fourth-order valence-electron chi connectivity index (χ4n) is 0.125. The molecule has 0 heterocycles. The molecular weight excluding hydrogens is 266 g/mol. The third-order valence-electron chi connectivity index (χ3n) is 0.272. The Morgan fingerprint density at radius 3 is 1.42 bits per heavy atom. The molecule has 60 valence electrons. The minimum Gasteiger partial charge on any atom is -0.740 e. The summed E-state index contributed by atoms with van der Waals surface area (Å²) in [6.45, 7) is 0. The van der Waals surface area contributed by atoms with Crippen LogP contribution in [0.5, 0.6) is 0 Å². The van der Waals surface area contributed by atoms with Crippen molar-refractivity contribution >= 4 is 28.9 Å². The third-order valence-corrected chi connectivity index (χ3v) is 0.816. The van der Waals surface area contributed by atoms with E-state index in [1.54, 1.807) is 0 Å². The Morgan fingerprint density at radius 2 is 1.25 bits per heavy atom.